The molecular formula is C16H25NO2. The van der Waals surface area contributed by atoms with Gasteiger partial charge in [0.2, 0.25) is 0 Å². The molecule has 0 spiro atoms. The first-order valence-corrected chi connectivity index (χ1v) is 6.96. The van der Waals surface area contributed by atoms with E-state index in [4.69, 9.17) is 9.47 Å². The molecule has 0 aliphatic heterocycles. The summed E-state index contributed by atoms with van der Waals surface area (Å²) in [5.74, 6) is 0.942. The highest BCUT2D eigenvalue weighted by Gasteiger charge is 2.04. The average molecular weight is 263 g/mol. The monoisotopic (exact) mass is 263 g/mol. The van der Waals surface area contributed by atoms with Crippen molar-refractivity contribution in [1.82, 2.24) is 5.32 Å². The van der Waals surface area contributed by atoms with Gasteiger partial charge in [-0.25, -0.2) is 0 Å². The zero-order valence-corrected chi connectivity index (χ0v) is 12.0. The summed E-state index contributed by atoms with van der Waals surface area (Å²) in [5, 5.41) is 3.47. The van der Waals surface area contributed by atoms with Gasteiger partial charge in [0.15, 0.2) is 0 Å². The van der Waals surface area contributed by atoms with E-state index in [0.29, 0.717) is 12.6 Å². The number of ether oxygens (including phenoxy) is 2. The molecule has 0 aromatic heterocycles. The first-order chi connectivity index (χ1) is 9.27. The Morgan fingerprint density at radius 3 is 2.63 bits per heavy atom. The van der Waals surface area contributed by atoms with Gasteiger partial charge in [-0.05, 0) is 44.0 Å². The van der Waals surface area contributed by atoms with Crippen LogP contribution in [0.1, 0.15) is 38.3 Å². The van der Waals surface area contributed by atoms with Crippen LogP contribution in [0.4, 0.5) is 0 Å². The van der Waals surface area contributed by atoms with Gasteiger partial charge >= 0.3 is 0 Å². The molecule has 1 aromatic rings. The fraction of sp³-hybridized carbons (Fsp3) is 0.500. The Morgan fingerprint density at radius 2 is 2.00 bits per heavy atom. The van der Waals surface area contributed by atoms with Crippen LogP contribution in [0, 0.1) is 0 Å². The minimum absolute atomic E-state index is 0.337. The molecule has 0 aliphatic carbocycles. The highest BCUT2D eigenvalue weighted by atomic mass is 16.5. The molecule has 0 bridgehead atoms. The normalized spacial score (nSPS) is 11.9. The van der Waals surface area contributed by atoms with Gasteiger partial charge in [0, 0.05) is 6.04 Å². The predicted molar refractivity (Wildman–Crippen MR) is 79.4 cm³/mol. The van der Waals surface area contributed by atoms with Crippen LogP contribution in [0.15, 0.2) is 37.1 Å². The highest BCUT2D eigenvalue weighted by molar-refractivity contribution is 5.28. The minimum Gasteiger partial charge on any atom is -0.502 e. The molecule has 0 heterocycles. The van der Waals surface area contributed by atoms with Crippen molar-refractivity contribution in [2.75, 3.05) is 19.8 Å². The summed E-state index contributed by atoms with van der Waals surface area (Å²) in [4.78, 5) is 0. The standard InChI is InChI=1S/C16H25NO2/c1-4-12-19-16-9-7-15(8-10-16)14(3)17-11-6-13-18-5-2/h5,7-10,14,17H,2,4,6,11-13H2,1,3H3. The lowest BCUT2D eigenvalue weighted by atomic mass is 10.1. The molecular weight excluding hydrogens is 238 g/mol. The molecule has 3 heteroatoms. The summed E-state index contributed by atoms with van der Waals surface area (Å²) >= 11 is 0. The third-order valence-electron chi connectivity index (χ3n) is 2.86. The van der Waals surface area contributed by atoms with E-state index < -0.39 is 0 Å². The molecule has 0 radical (unpaired) electrons. The Kier molecular flexibility index (Phi) is 7.75. The smallest absolute Gasteiger partial charge is 0.119 e. The molecule has 0 fully saturated rings. The van der Waals surface area contributed by atoms with E-state index in [1.807, 2.05) is 12.1 Å². The van der Waals surface area contributed by atoms with Crippen LogP contribution in [-0.2, 0) is 4.74 Å². The van der Waals surface area contributed by atoms with Crippen LogP contribution in [0.5, 0.6) is 5.75 Å². The first-order valence-electron chi connectivity index (χ1n) is 6.96. The Morgan fingerprint density at radius 1 is 1.26 bits per heavy atom. The molecule has 0 aliphatic rings. The number of nitrogens with one attached hydrogen (secondary N) is 1. The lowest BCUT2D eigenvalue weighted by Gasteiger charge is -2.14. The van der Waals surface area contributed by atoms with Crippen molar-refractivity contribution in [3.05, 3.63) is 42.7 Å². The molecule has 1 rings (SSSR count). The Hall–Kier alpha value is -1.48. The second-order valence-electron chi connectivity index (χ2n) is 4.48. The van der Waals surface area contributed by atoms with Gasteiger partial charge in [0.1, 0.15) is 5.75 Å². The summed E-state index contributed by atoms with van der Waals surface area (Å²) < 4.78 is 10.7. The fourth-order valence-corrected chi connectivity index (χ4v) is 1.75. The van der Waals surface area contributed by atoms with Crippen LogP contribution in [-0.4, -0.2) is 19.8 Å². The van der Waals surface area contributed by atoms with Gasteiger partial charge in [-0.3, -0.25) is 0 Å². The molecule has 19 heavy (non-hydrogen) atoms. The Bertz CT molecular complexity index is 348. The van der Waals surface area contributed by atoms with Crippen molar-refractivity contribution < 1.29 is 9.47 Å². The summed E-state index contributed by atoms with van der Waals surface area (Å²) in [6.07, 6.45) is 3.50. The molecule has 1 unspecified atom stereocenters. The van der Waals surface area contributed by atoms with E-state index in [1.165, 1.54) is 11.8 Å². The van der Waals surface area contributed by atoms with Crippen molar-refractivity contribution in [3.63, 3.8) is 0 Å². The topological polar surface area (TPSA) is 30.5 Å². The number of benzene rings is 1. The maximum Gasteiger partial charge on any atom is 0.119 e. The zero-order valence-electron chi connectivity index (χ0n) is 12.0. The first kappa shape index (κ1) is 15.6. The third kappa shape index (κ3) is 6.30. The number of hydrogen-bond acceptors (Lipinski definition) is 3. The second kappa shape index (κ2) is 9.45. The van der Waals surface area contributed by atoms with Crippen molar-refractivity contribution in [2.24, 2.45) is 0 Å². The van der Waals surface area contributed by atoms with Crippen LogP contribution in [0.25, 0.3) is 0 Å². The quantitative estimate of drug-likeness (QED) is 0.516. The maximum absolute atomic E-state index is 5.57. The van der Waals surface area contributed by atoms with Crippen molar-refractivity contribution in [3.8, 4) is 5.75 Å². The fourth-order valence-electron chi connectivity index (χ4n) is 1.75. The number of hydrogen-bond donors (Lipinski definition) is 1. The molecule has 0 saturated carbocycles. The third-order valence-corrected chi connectivity index (χ3v) is 2.86. The summed E-state index contributed by atoms with van der Waals surface area (Å²) in [7, 11) is 0. The summed E-state index contributed by atoms with van der Waals surface area (Å²) in [6.45, 7) is 10.2. The summed E-state index contributed by atoms with van der Waals surface area (Å²) in [5.41, 5.74) is 1.27. The van der Waals surface area contributed by atoms with Gasteiger partial charge in [-0.1, -0.05) is 25.6 Å². The van der Waals surface area contributed by atoms with Crippen molar-refractivity contribution in [2.45, 2.75) is 32.7 Å². The van der Waals surface area contributed by atoms with Crippen LogP contribution >= 0.6 is 0 Å². The lowest BCUT2D eigenvalue weighted by molar-refractivity contribution is 0.243. The second-order valence-corrected chi connectivity index (χ2v) is 4.48. The molecule has 106 valence electrons. The van der Waals surface area contributed by atoms with E-state index in [1.54, 1.807) is 0 Å². The van der Waals surface area contributed by atoms with E-state index in [-0.39, 0.29) is 0 Å². The van der Waals surface area contributed by atoms with Crippen LogP contribution < -0.4 is 10.1 Å². The van der Waals surface area contributed by atoms with E-state index in [0.717, 1.165) is 31.7 Å². The van der Waals surface area contributed by atoms with Gasteiger partial charge in [-0.15, -0.1) is 0 Å². The molecule has 0 saturated heterocycles. The van der Waals surface area contributed by atoms with Gasteiger partial charge in [0.05, 0.1) is 19.5 Å². The molecule has 0 amide bonds. The molecule has 1 N–H and O–H groups in total. The molecule has 1 atom stereocenters. The summed E-state index contributed by atoms with van der Waals surface area (Å²) in [6, 6.07) is 8.63. The molecule has 3 nitrogen and oxygen atoms in total. The zero-order chi connectivity index (χ0) is 13.9. The van der Waals surface area contributed by atoms with Crippen LogP contribution in [0.2, 0.25) is 0 Å². The van der Waals surface area contributed by atoms with E-state index >= 15 is 0 Å². The van der Waals surface area contributed by atoms with Gasteiger partial charge in [0.25, 0.3) is 0 Å². The van der Waals surface area contributed by atoms with E-state index in [2.05, 4.69) is 37.9 Å². The predicted octanol–water partition coefficient (Wildman–Crippen LogP) is 3.68. The Balaban J connectivity index is 2.31. The van der Waals surface area contributed by atoms with Crippen molar-refractivity contribution >= 4 is 0 Å². The average Bonchev–Trinajstić information content (AvgIpc) is 2.45. The Labute approximate surface area is 116 Å². The van der Waals surface area contributed by atoms with Crippen LogP contribution in [0.3, 0.4) is 0 Å². The van der Waals surface area contributed by atoms with Gasteiger partial charge < -0.3 is 14.8 Å². The van der Waals surface area contributed by atoms with Crippen molar-refractivity contribution in [1.29, 1.82) is 0 Å². The maximum atomic E-state index is 5.57. The highest BCUT2D eigenvalue weighted by Crippen LogP contribution is 2.17. The van der Waals surface area contributed by atoms with Gasteiger partial charge in [-0.2, -0.15) is 0 Å². The van der Waals surface area contributed by atoms with E-state index in [9.17, 15) is 0 Å². The number of rotatable bonds is 10. The minimum atomic E-state index is 0.337. The SMILES string of the molecule is C=COCCCNC(C)c1ccc(OCCC)cc1. The largest absolute Gasteiger partial charge is 0.502 e. The lowest BCUT2D eigenvalue weighted by Crippen LogP contribution is -2.20. The molecule has 1 aromatic carbocycles.